The van der Waals surface area contributed by atoms with E-state index in [-0.39, 0.29) is 0 Å². The molecule has 0 bridgehead atoms. The average Bonchev–Trinajstić information content (AvgIpc) is 2.32. The molecule has 0 fully saturated rings. The van der Waals surface area contributed by atoms with Crippen LogP contribution in [0.1, 0.15) is 0 Å². The van der Waals surface area contributed by atoms with E-state index in [9.17, 15) is 8.42 Å². The Kier molecular flexibility index (Phi) is 3.63. The number of nitrogens with two attached hydrogens (primary N) is 1. The standard InChI is InChI=1S/C13H13NO2S2/c1-18(15,16)13-8-6-12(7-9-13)17-11-4-2-10(14)3-5-11/h2-9H,14H2,1H3. The molecule has 2 aromatic rings. The van der Waals surface area contributed by atoms with Crippen LogP contribution in [0.4, 0.5) is 5.69 Å². The normalized spacial score (nSPS) is 11.4. The fraction of sp³-hybridized carbons (Fsp3) is 0.0769. The molecular formula is C13H13NO2S2. The van der Waals surface area contributed by atoms with Crippen LogP contribution in [0.5, 0.6) is 0 Å². The van der Waals surface area contributed by atoms with Crippen molar-refractivity contribution in [2.24, 2.45) is 0 Å². The van der Waals surface area contributed by atoms with Gasteiger partial charge in [0.25, 0.3) is 0 Å². The molecule has 5 heteroatoms. The molecule has 18 heavy (non-hydrogen) atoms. The highest BCUT2D eigenvalue weighted by atomic mass is 32.2. The van der Waals surface area contributed by atoms with Gasteiger partial charge in [0.2, 0.25) is 0 Å². The Morgan fingerprint density at radius 2 is 1.33 bits per heavy atom. The summed E-state index contributed by atoms with van der Waals surface area (Å²) in [5.74, 6) is 0. The first-order valence-corrected chi connectivity index (χ1v) is 7.99. The molecule has 0 atom stereocenters. The van der Waals surface area contributed by atoms with Crippen molar-refractivity contribution in [2.45, 2.75) is 14.7 Å². The second-order valence-corrected chi connectivity index (χ2v) is 7.08. The summed E-state index contributed by atoms with van der Waals surface area (Å²) in [6.07, 6.45) is 1.20. The minimum absolute atomic E-state index is 0.337. The second-order valence-electron chi connectivity index (χ2n) is 3.91. The molecule has 0 aliphatic carbocycles. The molecule has 0 heterocycles. The molecular weight excluding hydrogens is 266 g/mol. The van der Waals surface area contributed by atoms with Gasteiger partial charge >= 0.3 is 0 Å². The summed E-state index contributed by atoms with van der Waals surface area (Å²) in [4.78, 5) is 2.40. The molecule has 0 saturated carbocycles. The first kappa shape index (κ1) is 13.0. The summed E-state index contributed by atoms with van der Waals surface area (Å²) >= 11 is 1.57. The number of benzene rings is 2. The van der Waals surface area contributed by atoms with Gasteiger partial charge in [-0.05, 0) is 48.5 Å². The quantitative estimate of drug-likeness (QED) is 0.878. The van der Waals surface area contributed by atoms with Crippen molar-refractivity contribution < 1.29 is 8.42 Å². The Morgan fingerprint density at radius 3 is 1.78 bits per heavy atom. The molecule has 2 rings (SSSR count). The van der Waals surface area contributed by atoms with Gasteiger partial charge in [-0.2, -0.15) is 0 Å². The van der Waals surface area contributed by atoms with E-state index >= 15 is 0 Å². The van der Waals surface area contributed by atoms with Crippen LogP contribution in [0.15, 0.2) is 63.2 Å². The number of nitrogen functional groups attached to an aromatic ring is 1. The van der Waals surface area contributed by atoms with Crippen LogP contribution >= 0.6 is 11.8 Å². The monoisotopic (exact) mass is 279 g/mol. The van der Waals surface area contributed by atoms with E-state index in [0.717, 1.165) is 15.5 Å². The van der Waals surface area contributed by atoms with Crippen LogP contribution in [0, 0.1) is 0 Å². The molecule has 3 nitrogen and oxygen atoms in total. The van der Waals surface area contributed by atoms with Gasteiger partial charge in [-0.3, -0.25) is 0 Å². The van der Waals surface area contributed by atoms with Crippen molar-refractivity contribution in [3.8, 4) is 0 Å². The van der Waals surface area contributed by atoms with E-state index in [1.165, 1.54) is 6.26 Å². The van der Waals surface area contributed by atoms with Gasteiger partial charge in [0, 0.05) is 21.7 Å². The minimum Gasteiger partial charge on any atom is -0.399 e. The molecule has 0 aliphatic heterocycles. The van der Waals surface area contributed by atoms with Crippen molar-refractivity contribution in [1.82, 2.24) is 0 Å². The van der Waals surface area contributed by atoms with Crippen molar-refractivity contribution in [3.63, 3.8) is 0 Å². The molecule has 0 aliphatic rings. The smallest absolute Gasteiger partial charge is 0.175 e. The van der Waals surface area contributed by atoms with Gasteiger partial charge in [0.05, 0.1) is 4.90 Å². The highest BCUT2D eigenvalue weighted by molar-refractivity contribution is 7.99. The average molecular weight is 279 g/mol. The summed E-state index contributed by atoms with van der Waals surface area (Å²) in [5, 5.41) is 0. The lowest BCUT2D eigenvalue weighted by Gasteiger charge is -2.03. The zero-order valence-corrected chi connectivity index (χ0v) is 11.5. The molecule has 0 spiro atoms. The third-order valence-corrected chi connectivity index (χ3v) is 4.51. The van der Waals surface area contributed by atoms with Crippen LogP contribution in [-0.4, -0.2) is 14.7 Å². The van der Waals surface area contributed by atoms with E-state index in [2.05, 4.69) is 0 Å². The van der Waals surface area contributed by atoms with Gasteiger partial charge in [-0.25, -0.2) is 8.42 Å². The first-order chi connectivity index (χ1) is 8.45. The predicted molar refractivity (Wildman–Crippen MR) is 74.5 cm³/mol. The Balaban J connectivity index is 2.18. The zero-order valence-electron chi connectivity index (χ0n) is 9.83. The lowest BCUT2D eigenvalue weighted by Crippen LogP contribution is -1.95. The molecule has 0 saturated heterocycles. The summed E-state index contributed by atoms with van der Waals surface area (Å²) in [7, 11) is -3.12. The third kappa shape index (κ3) is 3.27. The summed E-state index contributed by atoms with van der Waals surface area (Å²) in [5.41, 5.74) is 6.34. The van der Waals surface area contributed by atoms with Crippen molar-refractivity contribution in [1.29, 1.82) is 0 Å². The van der Waals surface area contributed by atoms with Gasteiger partial charge in [0.1, 0.15) is 0 Å². The summed E-state index contributed by atoms with van der Waals surface area (Å²) < 4.78 is 22.6. The molecule has 0 aromatic heterocycles. The van der Waals surface area contributed by atoms with E-state index in [4.69, 9.17) is 5.73 Å². The molecule has 0 amide bonds. The number of hydrogen-bond donors (Lipinski definition) is 1. The summed E-state index contributed by atoms with van der Waals surface area (Å²) in [6, 6.07) is 14.4. The number of rotatable bonds is 3. The zero-order chi connectivity index (χ0) is 13.2. The maximum absolute atomic E-state index is 11.3. The van der Waals surface area contributed by atoms with Crippen molar-refractivity contribution in [2.75, 3.05) is 12.0 Å². The third-order valence-electron chi connectivity index (χ3n) is 2.37. The Morgan fingerprint density at radius 1 is 0.889 bits per heavy atom. The Bertz CT molecular complexity index is 632. The van der Waals surface area contributed by atoms with Crippen LogP contribution in [0.25, 0.3) is 0 Å². The van der Waals surface area contributed by atoms with E-state index in [1.807, 2.05) is 24.3 Å². The SMILES string of the molecule is CS(=O)(=O)c1ccc(Sc2ccc(N)cc2)cc1. The largest absolute Gasteiger partial charge is 0.399 e. The number of sulfone groups is 1. The van der Waals surface area contributed by atoms with Crippen molar-refractivity contribution in [3.05, 3.63) is 48.5 Å². The van der Waals surface area contributed by atoms with E-state index in [1.54, 1.807) is 36.0 Å². The van der Waals surface area contributed by atoms with E-state index < -0.39 is 9.84 Å². The van der Waals surface area contributed by atoms with E-state index in [0.29, 0.717) is 4.90 Å². The summed E-state index contributed by atoms with van der Waals surface area (Å²) in [6.45, 7) is 0. The highest BCUT2D eigenvalue weighted by Gasteiger charge is 2.06. The topological polar surface area (TPSA) is 60.2 Å². The van der Waals surface area contributed by atoms with Crippen molar-refractivity contribution >= 4 is 27.3 Å². The number of anilines is 1. The predicted octanol–water partition coefficient (Wildman–Crippen LogP) is 2.82. The Hall–Kier alpha value is -1.46. The molecule has 0 radical (unpaired) electrons. The molecule has 0 unspecified atom stereocenters. The van der Waals surface area contributed by atoms with Crippen LogP contribution < -0.4 is 5.73 Å². The first-order valence-electron chi connectivity index (χ1n) is 5.29. The molecule has 94 valence electrons. The van der Waals surface area contributed by atoms with Gasteiger partial charge in [0.15, 0.2) is 9.84 Å². The highest BCUT2D eigenvalue weighted by Crippen LogP contribution is 2.28. The minimum atomic E-state index is -3.12. The van der Waals surface area contributed by atoms with Gasteiger partial charge in [-0.1, -0.05) is 11.8 Å². The number of hydrogen-bond acceptors (Lipinski definition) is 4. The van der Waals surface area contributed by atoms with Gasteiger partial charge in [-0.15, -0.1) is 0 Å². The van der Waals surface area contributed by atoms with Crippen LogP contribution in [0.3, 0.4) is 0 Å². The van der Waals surface area contributed by atoms with Crippen LogP contribution in [-0.2, 0) is 9.84 Å². The fourth-order valence-electron chi connectivity index (χ4n) is 1.43. The Labute approximate surface area is 111 Å². The molecule has 2 aromatic carbocycles. The maximum atomic E-state index is 11.3. The maximum Gasteiger partial charge on any atom is 0.175 e. The lowest BCUT2D eigenvalue weighted by molar-refractivity contribution is 0.602. The molecule has 2 N–H and O–H groups in total. The van der Waals surface area contributed by atoms with Gasteiger partial charge < -0.3 is 5.73 Å². The second kappa shape index (κ2) is 5.04. The lowest BCUT2D eigenvalue weighted by atomic mass is 10.3. The van der Waals surface area contributed by atoms with Crippen LogP contribution in [0.2, 0.25) is 0 Å². The fourth-order valence-corrected chi connectivity index (χ4v) is 2.87.